The minimum absolute atomic E-state index is 0.367. The van der Waals surface area contributed by atoms with Crippen LogP contribution in [0.2, 0.25) is 0 Å². The lowest BCUT2D eigenvalue weighted by molar-refractivity contribution is -1.17. The Kier molecular flexibility index (Phi) is 2.22. The summed E-state index contributed by atoms with van der Waals surface area (Å²) in [4.78, 5) is 14.5. The highest BCUT2D eigenvalue weighted by molar-refractivity contribution is 5.94. The zero-order valence-electron chi connectivity index (χ0n) is 7.72. The number of nitrogens with two attached hydrogens (primary N) is 1. The molecule has 1 aliphatic heterocycles. The Bertz CT molecular complexity index is 360. The first-order valence-electron chi connectivity index (χ1n) is 3.72. The Morgan fingerprint density at radius 2 is 2.36 bits per heavy atom. The van der Waals surface area contributed by atoms with E-state index in [1.807, 2.05) is 0 Å². The van der Waals surface area contributed by atoms with Crippen molar-refractivity contribution in [2.24, 2.45) is 10.8 Å². The third-order valence-electron chi connectivity index (χ3n) is 1.71. The number of quaternary nitrogens is 1. The molecule has 14 heavy (non-hydrogen) atoms. The van der Waals surface area contributed by atoms with Crippen LogP contribution in [0.1, 0.15) is 13.8 Å². The van der Waals surface area contributed by atoms with E-state index in [2.05, 4.69) is 10.0 Å². The summed E-state index contributed by atoms with van der Waals surface area (Å²) in [6.45, 7) is 3.18. The number of hydrogen-bond acceptors (Lipinski definition) is 5. The topological polar surface area (TPSA) is 115 Å². The van der Waals surface area contributed by atoms with Crippen LogP contribution in [0.5, 0.6) is 0 Å². The van der Waals surface area contributed by atoms with Crippen molar-refractivity contribution in [1.82, 2.24) is 0 Å². The third-order valence-corrected chi connectivity index (χ3v) is 1.71. The van der Waals surface area contributed by atoms with Gasteiger partial charge >= 0.3 is 11.0 Å². The molecule has 0 bridgehead atoms. The first kappa shape index (κ1) is 10.1. The van der Waals surface area contributed by atoms with Crippen molar-refractivity contribution in [3.8, 4) is 0 Å². The van der Waals surface area contributed by atoms with Crippen LogP contribution < -0.4 is 5.73 Å². The van der Waals surface area contributed by atoms with Crippen molar-refractivity contribution < 1.29 is 14.8 Å². The molecule has 0 aliphatic carbocycles. The fourth-order valence-corrected chi connectivity index (χ4v) is 1.19. The maximum absolute atomic E-state index is 10.2. The zero-order valence-corrected chi connectivity index (χ0v) is 7.72. The largest absolute Gasteiger partial charge is 0.362 e. The first-order valence-corrected chi connectivity index (χ1v) is 3.72. The second kappa shape index (κ2) is 3.07. The molecular weight excluding hydrogens is 190 g/mol. The first-order chi connectivity index (χ1) is 6.38. The van der Waals surface area contributed by atoms with E-state index in [-0.39, 0.29) is 0 Å². The second-order valence-electron chi connectivity index (χ2n) is 2.79. The van der Waals surface area contributed by atoms with Crippen LogP contribution in [0.4, 0.5) is 0 Å². The average molecular weight is 200 g/mol. The Labute approximate surface area is 79.4 Å². The lowest BCUT2D eigenvalue weighted by Gasteiger charge is -2.19. The summed E-state index contributed by atoms with van der Waals surface area (Å²) >= 11 is 0. The van der Waals surface area contributed by atoms with Crippen LogP contribution in [0.3, 0.4) is 0 Å². The molecule has 0 radical (unpaired) electrons. The monoisotopic (exact) mass is 200 g/mol. The van der Waals surface area contributed by atoms with Crippen molar-refractivity contribution >= 4 is 11.7 Å². The Morgan fingerprint density at radius 1 is 1.79 bits per heavy atom. The van der Waals surface area contributed by atoms with Gasteiger partial charge in [0.05, 0.1) is 4.76 Å². The molecule has 1 atom stereocenters. The molecule has 0 aromatic carbocycles. The number of guanidine groups is 1. The van der Waals surface area contributed by atoms with E-state index < -0.39 is 15.8 Å². The summed E-state index contributed by atoms with van der Waals surface area (Å²) in [5.41, 5.74) is 6.09. The van der Waals surface area contributed by atoms with Gasteiger partial charge in [0, 0.05) is 13.0 Å². The molecule has 0 fully saturated rings. The van der Waals surface area contributed by atoms with Crippen molar-refractivity contribution in [3.05, 3.63) is 21.9 Å². The van der Waals surface area contributed by atoms with Gasteiger partial charge in [-0.2, -0.15) is 0 Å². The van der Waals surface area contributed by atoms with Crippen molar-refractivity contribution in [3.63, 3.8) is 0 Å². The summed E-state index contributed by atoms with van der Waals surface area (Å²) < 4.78 is -1.03. The van der Waals surface area contributed by atoms with Crippen LogP contribution in [0.15, 0.2) is 16.9 Å². The van der Waals surface area contributed by atoms with Gasteiger partial charge in [-0.25, -0.2) is 5.41 Å². The Hall–Kier alpha value is -1.96. The standard InChI is InChI=1S/C6H10N5O3/c1-4-3-5(2)11(9-4,6(7)8)14-10(12)13/h3H,1-2H3,(H3,7,8)/q+1. The Balaban J connectivity index is 3.14. The van der Waals surface area contributed by atoms with Crippen LogP contribution in [0, 0.1) is 15.5 Å². The zero-order chi connectivity index (χ0) is 10.9. The Morgan fingerprint density at radius 3 is 2.64 bits per heavy atom. The number of hydroxylamine groups is 2. The van der Waals surface area contributed by atoms with Gasteiger partial charge in [-0.3, -0.25) is 0 Å². The van der Waals surface area contributed by atoms with Gasteiger partial charge in [0.15, 0.2) is 5.70 Å². The van der Waals surface area contributed by atoms with Crippen molar-refractivity contribution in [2.75, 3.05) is 0 Å². The summed E-state index contributed by atoms with van der Waals surface area (Å²) in [5.74, 6) is -0.563. The van der Waals surface area contributed by atoms with E-state index in [0.29, 0.717) is 11.4 Å². The van der Waals surface area contributed by atoms with Gasteiger partial charge in [-0.05, 0) is 12.0 Å². The maximum atomic E-state index is 10.2. The third kappa shape index (κ3) is 1.42. The number of hydrogen-bond donors (Lipinski definition) is 2. The normalized spacial score (nSPS) is 25.3. The molecule has 0 amide bonds. The van der Waals surface area contributed by atoms with E-state index >= 15 is 0 Å². The second-order valence-corrected chi connectivity index (χ2v) is 2.79. The summed E-state index contributed by atoms with van der Waals surface area (Å²) in [6.07, 6.45) is 1.56. The van der Waals surface area contributed by atoms with Crippen molar-refractivity contribution in [2.45, 2.75) is 13.8 Å². The summed E-state index contributed by atoms with van der Waals surface area (Å²) in [6, 6.07) is 0. The average Bonchev–Trinajstić information content (AvgIpc) is 2.26. The van der Waals surface area contributed by atoms with E-state index in [1.54, 1.807) is 19.9 Å². The lowest BCUT2D eigenvalue weighted by Crippen LogP contribution is -2.50. The highest BCUT2D eigenvalue weighted by atomic mass is 17.1. The molecule has 8 heteroatoms. The van der Waals surface area contributed by atoms with E-state index in [9.17, 15) is 10.1 Å². The summed E-state index contributed by atoms with van der Waals surface area (Å²) in [7, 11) is 0. The predicted molar refractivity (Wildman–Crippen MR) is 47.1 cm³/mol. The minimum Gasteiger partial charge on any atom is -0.333 e. The fraction of sp³-hybridized carbons (Fsp3) is 0.333. The molecule has 8 nitrogen and oxygen atoms in total. The molecule has 1 aliphatic rings. The predicted octanol–water partition coefficient (Wildman–Crippen LogP) is 0.113. The van der Waals surface area contributed by atoms with Crippen LogP contribution in [-0.4, -0.2) is 21.5 Å². The van der Waals surface area contributed by atoms with E-state index in [0.717, 1.165) is 0 Å². The molecule has 0 saturated heterocycles. The minimum atomic E-state index is -1.03. The molecule has 1 unspecified atom stereocenters. The maximum Gasteiger partial charge on any atom is 0.362 e. The number of allylic oxidation sites excluding steroid dienone is 2. The van der Waals surface area contributed by atoms with Crippen molar-refractivity contribution in [1.29, 1.82) is 5.41 Å². The highest BCUT2D eigenvalue weighted by Crippen LogP contribution is 2.24. The molecule has 3 N–H and O–H groups in total. The fourth-order valence-electron chi connectivity index (χ4n) is 1.19. The molecule has 1 rings (SSSR count). The summed E-state index contributed by atoms with van der Waals surface area (Å²) in [5, 5.41) is 20.2. The number of nitrogens with one attached hydrogen (secondary N) is 1. The molecule has 0 spiro atoms. The highest BCUT2D eigenvalue weighted by Gasteiger charge is 2.45. The molecule has 1 heterocycles. The van der Waals surface area contributed by atoms with Gasteiger partial charge < -0.3 is 5.73 Å². The number of nitrogens with zero attached hydrogens (tertiary/aromatic N) is 3. The van der Waals surface area contributed by atoms with Gasteiger partial charge in [0.25, 0.3) is 0 Å². The van der Waals surface area contributed by atoms with E-state index in [4.69, 9.17) is 11.1 Å². The van der Waals surface area contributed by atoms with Gasteiger partial charge in [0.1, 0.15) is 5.71 Å². The van der Waals surface area contributed by atoms with Crippen LogP contribution >= 0.6 is 0 Å². The van der Waals surface area contributed by atoms with Crippen LogP contribution in [-0.2, 0) is 4.94 Å². The lowest BCUT2D eigenvalue weighted by atomic mass is 10.3. The molecular formula is C6H10N5O3+. The quantitative estimate of drug-likeness (QED) is 0.216. The molecule has 0 saturated carbocycles. The molecule has 76 valence electrons. The molecule has 0 aromatic rings. The van der Waals surface area contributed by atoms with Gasteiger partial charge in [-0.15, -0.1) is 10.1 Å². The van der Waals surface area contributed by atoms with Crippen LogP contribution in [0.25, 0.3) is 0 Å². The SMILES string of the molecule is CC1=CC(C)=N[N+]1(O[N+](=O)[O-])C(=N)N. The molecule has 0 aromatic heterocycles. The smallest absolute Gasteiger partial charge is 0.333 e. The van der Waals surface area contributed by atoms with E-state index in [1.165, 1.54) is 0 Å². The number of rotatable bonds is 2. The van der Waals surface area contributed by atoms with Gasteiger partial charge in [0.2, 0.25) is 0 Å². The van der Waals surface area contributed by atoms with Gasteiger partial charge in [-0.1, -0.05) is 4.94 Å².